The number of esters is 4. The number of unbranched alkanes of at least 4 members (excludes halogenated alkanes) is 4. The van der Waals surface area contributed by atoms with Gasteiger partial charge in [0.25, 0.3) is 21.9 Å². The van der Waals surface area contributed by atoms with Gasteiger partial charge >= 0.3 is 23.9 Å². The van der Waals surface area contributed by atoms with Crippen molar-refractivity contribution in [3.8, 4) is 23.7 Å². The van der Waals surface area contributed by atoms with Gasteiger partial charge in [-0.3, -0.25) is 9.59 Å². The van der Waals surface area contributed by atoms with Gasteiger partial charge in [0.2, 0.25) is 0 Å². The monoisotopic (exact) mass is 1110 g/mol. The van der Waals surface area contributed by atoms with Crippen molar-refractivity contribution in [2.75, 3.05) is 13.3 Å². The summed E-state index contributed by atoms with van der Waals surface area (Å²) in [6.07, 6.45) is 6.63. The standard InChI is InChI=1S/C19H17NO5S.C18H14O3.C12H5BrO3.CH5N.BI.B/c1-3-4-5-6-8-13-11-12-16-17-14(13)9-7-10-15(17)18(21)20(19(16)22)25-26(2,23)24;1-2-3-4-5-7-12-10-11-15-16-13(12)8-6-9-14(16)17(19)21-18(15)20;13-9-5-4-8-10-6(9)2-1-3-7(10)11(14)16-12(8)15;2*1-2;/h7,9-12H,3-5H2,1-2H3;6,8-11H,2-4H2,1H3;1-5H;2H2,1H3;;. The molecule has 6 aromatic rings. The van der Waals surface area contributed by atoms with Gasteiger partial charge in [-0.25, -0.2) is 19.2 Å². The van der Waals surface area contributed by atoms with E-state index in [0.717, 1.165) is 71.2 Å². The van der Waals surface area contributed by atoms with Crippen molar-refractivity contribution in [2.24, 2.45) is 5.73 Å². The van der Waals surface area contributed by atoms with Crippen LogP contribution in [0.3, 0.4) is 0 Å². The Balaban J connectivity index is 0.000000218. The molecule has 3 aliphatic rings. The molecule has 18 heteroatoms. The van der Waals surface area contributed by atoms with Gasteiger partial charge in [0.05, 0.1) is 39.6 Å². The highest BCUT2D eigenvalue weighted by molar-refractivity contribution is 14.1. The first-order valence-corrected chi connectivity index (χ1v) is 24.5. The van der Waals surface area contributed by atoms with Crippen molar-refractivity contribution in [1.82, 2.24) is 5.06 Å². The number of nitrogens with two attached hydrogens (primary N) is 1. The Bertz CT molecular complexity index is 3170. The number of imide groups is 1. The molecular formula is C50H41B2BrIN2O11S. The number of ether oxygens (including phenoxy) is 2. The van der Waals surface area contributed by atoms with Crippen LogP contribution in [0.15, 0.2) is 95.5 Å². The highest BCUT2D eigenvalue weighted by Crippen LogP contribution is 2.35. The minimum Gasteiger partial charge on any atom is -0.386 e. The molecule has 9 rings (SSSR count). The van der Waals surface area contributed by atoms with Gasteiger partial charge in [0.1, 0.15) is 0 Å². The summed E-state index contributed by atoms with van der Waals surface area (Å²) in [6, 6.07) is 25.8. The number of amides is 2. The molecule has 2 amide bonds. The molecule has 0 atom stereocenters. The Labute approximate surface area is 418 Å². The number of carbonyl (C=O) groups is 6. The Morgan fingerprint density at radius 2 is 0.941 bits per heavy atom. The molecule has 0 saturated carbocycles. The Kier molecular flexibility index (Phi) is 19.8. The van der Waals surface area contributed by atoms with Gasteiger partial charge in [-0.2, -0.15) is 30.8 Å². The summed E-state index contributed by atoms with van der Waals surface area (Å²) >= 11 is 5.04. The molecule has 343 valence electrons. The fourth-order valence-electron chi connectivity index (χ4n) is 7.19. The molecule has 0 saturated heterocycles. The summed E-state index contributed by atoms with van der Waals surface area (Å²) in [4.78, 5) is 71.9. The van der Waals surface area contributed by atoms with E-state index in [9.17, 15) is 37.2 Å². The fraction of sp³-hybridized carbons (Fsp3) is 0.200. The molecule has 6 aromatic carbocycles. The van der Waals surface area contributed by atoms with Gasteiger partial charge in [0.15, 0.2) is 5.70 Å². The maximum Gasteiger partial charge on any atom is 0.346 e. The summed E-state index contributed by atoms with van der Waals surface area (Å²) in [5, 5.41) is 4.44. The number of hydrogen-bond acceptors (Lipinski definition) is 12. The zero-order valence-corrected chi connectivity index (χ0v) is 41.8. The van der Waals surface area contributed by atoms with Gasteiger partial charge < -0.3 is 15.2 Å². The Morgan fingerprint density at radius 1 is 0.588 bits per heavy atom. The van der Waals surface area contributed by atoms with Gasteiger partial charge in [-0.15, -0.1) is 9.35 Å². The molecule has 0 unspecified atom stereocenters. The number of carbonyl (C=O) groups excluding carboxylic acids is 6. The van der Waals surface area contributed by atoms with Crippen LogP contribution in [-0.4, -0.2) is 76.6 Å². The van der Waals surface area contributed by atoms with E-state index in [2.05, 4.69) is 73.9 Å². The second kappa shape index (κ2) is 24.7. The number of benzene rings is 6. The highest BCUT2D eigenvalue weighted by atomic mass is 127. The third kappa shape index (κ3) is 11.9. The summed E-state index contributed by atoms with van der Waals surface area (Å²) < 4.78 is 37.6. The van der Waals surface area contributed by atoms with Crippen molar-refractivity contribution in [1.29, 1.82) is 0 Å². The van der Waals surface area contributed by atoms with Crippen LogP contribution in [0.1, 0.15) is 126 Å². The first-order chi connectivity index (χ1) is 32.2. The van der Waals surface area contributed by atoms with Crippen molar-refractivity contribution in [3.63, 3.8) is 0 Å². The predicted molar refractivity (Wildman–Crippen MR) is 274 cm³/mol. The molecular weight excluding hydrogens is 1070 g/mol. The maximum atomic E-state index is 12.6. The van der Waals surface area contributed by atoms with Crippen LogP contribution < -0.4 is 5.73 Å². The van der Waals surface area contributed by atoms with Crippen molar-refractivity contribution in [3.05, 3.63) is 140 Å². The molecule has 0 aromatic heterocycles. The third-order valence-corrected chi connectivity index (χ3v) is 11.2. The zero-order chi connectivity index (χ0) is 49.0. The summed E-state index contributed by atoms with van der Waals surface area (Å²) in [7, 11) is -2.52. The Morgan fingerprint density at radius 3 is 1.38 bits per heavy atom. The first kappa shape index (κ1) is 54.5. The van der Waals surface area contributed by atoms with Crippen LogP contribution in [0.5, 0.6) is 0 Å². The van der Waals surface area contributed by atoms with Crippen LogP contribution in [0.4, 0.5) is 0 Å². The van der Waals surface area contributed by atoms with Crippen LogP contribution >= 0.6 is 38.3 Å². The molecule has 0 fully saturated rings. The fourth-order valence-corrected chi connectivity index (χ4v) is 8.06. The molecule has 68 heavy (non-hydrogen) atoms. The van der Waals surface area contributed by atoms with E-state index >= 15 is 0 Å². The number of hydrogen-bond donors (Lipinski definition) is 1. The summed E-state index contributed by atoms with van der Waals surface area (Å²) in [6.45, 7) is 4.22. The lowest BCUT2D eigenvalue weighted by Gasteiger charge is -2.25. The second-order valence-corrected chi connectivity index (χ2v) is 16.9. The van der Waals surface area contributed by atoms with Crippen molar-refractivity contribution < 1.29 is 50.9 Å². The molecule has 5 radical (unpaired) electrons. The van der Waals surface area contributed by atoms with Crippen molar-refractivity contribution in [2.45, 2.75) is 52.4 Å². The summed E-state index contributed by atoms with van der Waals surface area (Å²) in [5.41, 5.74) is 12.7. The van der Waals surface area contributed by atoms with Gasteiger partial charge in [0, 0.05) is 53.0 Å². The predicted octanol–water partition coefficient (Wildman–Crippen LogP) is 9.17. The van der Waals surface area contributed by atoms with E-state index in [1.807, 2.05) is 18.2 Å². The summed E-state index contributed by atoms with van der Waals surface area (Å²) in [5.74, 6) is 8.51. The van der Waals surface area contributed by atoms with E-state index in [1.165, 1.54) is 13.1 Å². The quantitative estimate of drug-likeness (QED) is 0.0317. The number of hydroxylamine groups is 2. The number of cyclic esters (lactones) is 4. The molecule has 0 bridgehead atoms. The topological polar surface area (TPSA) is 194 Å². The largest absolute Gasteiger partial charge is 0.386 e. The smallest absolute Gasteiger partial charge is 0.346 e. The number of nitrogens with zero attached hydrogens (tertiary/aromatic N) is 1. The van der Waals surface area contributed by atoms with E-state index < -0.39 is 45.8 Å². The van der Waals surface area contributed by atoms with Crippen LogP contribution in [-0.2, 0) is 23.9 Å². The van der Waals surface area contributed by atoms with E-state index in [-0.39, 0.29) is 19.5 Å². The second-order valence-electron chi connectivity index (χ2n) is 14.4. The molecule has 3 aliphatic heterocycles. The number of halogens is 2. The lowest BCUT2D eigenvalue weighted by atomic mass is 9.92. The third-order valence-electron chi connectivity index (χ3n) is 10.1. The van der Waals surface area contributed by atoms with Crippen LogP contribution in [0, 0.1) is 23.7 Å². The maximum absolute atomic E-state index is 12.6. The minimum absolute atomic E-state index is 0. The van der Waals surface area contributed by atoms with E-state index in [4.69, 9.17) is 4.74 Å². The first-order valence-electron chi connectivity index (χ1n) is 20.6. The number of rotatable bonds is 6. The molecule has 3 heterocycles. The van der Waals surface area contributed by atoms with Gasteiger partial charge in [-0.1, -0.05) is 103 Å². The highest BCUT2D eigenvalue weighted by Gasteiger charge is 2.37. The lowest BCUT2D eigenvalue weighted by molar-refractivity contribution is -0.0150. The van der Waals surface area contributed by atoms with Crippen molar-refractivity contribution >= 4 is 131 Å². The average molecular weight is 1110 g/mol. The normalized spacial score (nSPS) is 12.7. The molecule has 0 aliphatic carbocycles. The lowest BCUT2D eigenvalue weighted by Crippen LogP contribution is -2.41. The molecule has 13 nitrogen and oxygen atoms in total. The SMILES string of the molecule is CCCCC#Cc1ccc2c3c(cccc13)C(=O)N(OS(C)(=O)=O)C2=O.CCCCC#Cc1ccc2c3c(cccc13)C(=O)OC2=O.CN.O=C1OC(=O)c2ccc(Br)c3cccc1c23.[B].[B]I. The van der Waals surface area contributed by atoms with Crippen LogP contribution in [0.25, 0.3) is 32.3 Å². The van der Waals surface area contributed by atoms with Crippen LogP contribution in [0.2, 0.25) is 0 Å². The zero-order valence-electron chi connectivity index (χ0n) is 37.2. The molecule has 0 spiro atoms. The van der Waals surface area contributed by atoms with Gasteiger partial charge in [-0.05, 0) is 90.6 Å². The minimum atomic E-state index is -4.02. The van der Waals surface area contributed by atoms with E-state index in [1.54, 1.807) is 89.1 Å². The Hall–Kier alpha value is -6.15. The molecule has 2 N–H and O–H groups in total. The average Bonchev–Trinajstić information content (AvgIpc) is 3.33. The van der Waals surface area contributed by atoms with E-state index in [0.29, 0.717) is 48.9 Å².